The maximum Gasteiger partial charge on any atom is 0.431 e. The van der Waals surface area contributed by atoms with Crippen LogP contribution in [0.3, 0.4) is 0 Å². The molecular formula is C18H14F4N2O2. The Balaban J connectivity index is 2.06. The van der Waals surface area contributed by atoms with E-state index in [9.17, 15) is 27.5 Å². The summed E-state index contributed by atoms with van der Waals surface area (Å²) in [6, 6.07) is 10.3. The van der Waals surface area contributed by atoms with E-state index in [0.29, 0.717) is 5.01 Å². The van der Waals surface area contributed by atoms with Gasteiger partial charge in [0.25, 0.3) is 5.91 Å². The molecule has 1 aliphatic rings. The molecule has 2 aromatic rings. The highest BCUT2D eigenvalue weighted by Gasteiger charge is 2.53. The van der Waals surface area contributed by atoms with E-state index in [1.165, 1.54) is 12.1 Å². The highest BCUT2D eigenvalue weighted by atomic mass is 19.4. The van der Waals surface area contributed by atoms with Crippen LogP contribution < -0.4 is 0 Å². The van der Waals surface area contributed by atoms with Crippen LogP contribution in [0, 0.1) is 12.7 Å². The number of nitrogens with zero attached hydrogens (tertiary/aromatic N) is 2. The Labute approximate surface area is 146 Å². The Morgan fingerprint density at radius 3 is 2.23 bits per heavy atom. The van der Waals surface area contributed by atoms with Crippen molar-refractivity contribution in [1.82, 2.24) is 5.01 Å². The summed E-state index contributed by atoms with van der Waals surface area (Å²) in [6.45, 7) is 1.79. The topological polar surface area (TPSA) is 52.9 Å². The molecule has 0 aliphatic carbocycles. The van der Waals surface area contributed by atoms with Crippen LogP contribution in [0.5, 0.6) is 0 Å². The Morgan fingerprint density at radius 2 is 1.69 bits per heavy atom. The lowest BCUT2D eigenvalue weighted by atomic mass is 9.96. The summed E-state index contributed by atoms with van der Waals surface area (Å²) in [5, 5.41) is 14.7. The first-order chi connectivity index (χ1) is 12.1. The third-order valence-electron chi connectivity index (χ3n) is 4.11. The van der Waals surface area contributed by atoms with Crippen LogP contribution in [0.2, 0.25) is 0 Å². The fourth-order valence-electron chi connectivity index (χ4n) is 2.68. The minimum Gasteiger partial charge on any atom is -0.365 e. The molecule has 3 rings (SSSR count). The first kappa shape index (κ1) is 18.1. The minimum atomic E-state index is -4.81. The van der Waals surface area contributed by atoms with E-state index in [1.807, 2.05) is 0 Å². The second-order valence-corrected chi connectivity index (χ2v) is 6.03. The number of rotatable bonds is 2. The predicted octanol–water partition coefficient (Wildman–Crippen LogP) is 3.74. The number of hydrogen-bond acceptors (Lipinski definition) is 3. The van der Waals surface area contributed by atoms with Crippen molar-refractivity contribution in [2.75, 3.05) is 0 Å². The zero-order valence-corrected chi connectivity index (χ0v) is 13.6. The van der Waals surface area contributed by atoms with E-state index >= 15 is 0 Å². The van der Waals surface area contributed by atoms with Gasteiger partial charge in [0.1, 0.15) is 11.5 Å². The average Bonchev–Trinajstić information content (AvgIpc) is 2.94. The van der Waals surface area contributed by atoms with Gasteiger partial charge in [0.05, 0.1) is 6.42 Å². The average molecular weight is 366 g/mol. The lowest BCUT2D eigenvalue weighted by Crippen LogP contribution is -2.43. The highest BCUT2D eigenvalue weighted by Crippen LogP contribution is 2.40. The lowest BCUT2D eigenvalue weighted by molar-refractivity contribution is -0.0816. The molecule has 4 nitrogen and oxygen atoms in total. The number of aryl methyl sites for hydroxylation is 1. The Morgan fingerprint density at radius 1 is 1.12 bits per heavy atom. The fourth-order valence-corrected chi connectivity index (χ4v) is 2.68. The highest BCUT2D eigenvalue weighted by molar-refractivity contribution is 5.99. The van der Waals surface area contributed by atoms with Crippen LogP contribution in [0.1, 0.15) is 27.9 Å². The van der Waals surface area contributed by atoms with Gasteiger partial charge in [-0.3, -0.25) is 4.79 Å². The number of alkyl halides is 3. The van der Waals surface area contributed by atoms with Crippen molar-refractivity contribution in [1.29, 1.82) is 0 Å². The van der Waals surface area contributed by atoms with Gasteiger partial charge >= 0.3 is 6.18 Å². The summed E-state index contributed by atoms with van der Waals surface area (Å²) < 4.78 is 52.6. The van der Waals surface area contributed by atoms with Gasteiger partial charge in [0, 0.05) is 11.1 Å². The van der Waals surface area contributed by atoms with Crippen LogP contribution in [0.4, 0.5) is 17.6 Å². The lowest BCUT2D eigenvalue weighted by Gasteiger charge is -2.31. The van der Waals surface area contributed by atoms with Crippen molar-refractivity contribution in [3.8, 4) is 0 Å². The number of hydrogen-bond donors (Lipinski definition) is 1. The fraction of sp³-hybridized carbons (Fsp3) is 0.222. The SMILES string of the molecule is Cc1ccc(C(=O)N2N=C(C(F)(F)F)C[C@@]2(O)c2ccc(F)cc2)cc1. The molecule has 0 saturated carbocycles. The molecule has 8 heteroatoms. The van der Waals surface area contributed by atoms with E-state index < -0.39 is 35.8 Å². The molecule has 1 atom stereocenters. The number of halogens is 4. The van der Waals surface area contributed by atoms with Crippen LogP contribution in [-0.2, 0) is 5.72 Å². The third-order valence-corrected chi connectivity index (χ3v) is 4.11. The Kier molecular flexibility index (Phi) is 4.31. The van der Waals surface area contributed by atoms with Gasteiger partial charge in [-0.15, -0.1) is 0 Å². The first-order valence-corrected chi connectivity index (χ1v) is 7.65. The molecule has 0 unspecified atom stereocenters. The van der Waals surface area contributed by atoms with Crippen molar-refractivity contribution in [3.63, 3.8) is 0 Å². The van der Waals surface area contributed by atoms with E-state index in [1.54, 1.807) is 19.1 Å². The van der Waals surface area contributed by atoms with Crippen LogP contribution in [-0.4, -0.2) is 27.9 Å². The number of amides is 1. The molecule has 2 aromatic carbocycles. The van der Waals surface area contributed by atoms with Crippen LogP contribution in [0.25, 0.3) is 0 Å². The van der Waals surface area contributed by atoms with Crippen LogP contribution >= 0.6 is 0 Å². The summed E-state index contributed by atoms with van der Waals surface area (Å²) >= 11 is 0. The number of benzene rings is 2. The molecule has 1 aliphatic heterocycles. The molecule has 1 heterocycles. The van der Waals surface area contributed by atoms with Crippen LogP contribution in [0.15, 0.2) is 53.6 Å². The quantitative estimate of drug-likeness (QED) is 0.824. The molecule has 0 spiro atoms. The normalized spacial score (nSPS) is 20.2. The Hall–Kier alpha value is -2.74. The maximum atomic E-state index is 13.2. The molecular weight excluding hydrogens is 352 g/mol. The number of aliphatic hydroxyl groups is 1. The van der Waals surface area contributed by atoms with Crippen molar-refractivity contribution < 1.29 is 27.5 Å². The van der Waals surface area contributed by atoms with Gasteiger partial charge in [-0.25, -0.2) is 4.39 Å². The van der Waals surface area contributed by atoms with E-state index in [0.717, 1.165) is 29.8 Å². The van der Waals surface area contributed by atoms with E-state index in [-0.39, 0.29) is 11.1 Å². The smallest absolute Gasteiger partial charge is 0.365 e. The van der Waals surface area contributed by atoms with Crippen molar-refractivity contribution in [2.45, 2.75) is 25.2 Å². The second kappa shape index (κ2) is 6.21. The molecule has 1 N–H and O–H groups in total. The molecule has 0 bridgehead atoms. The summed E-state index contributed by atoms with van der Waals surface area (Å²) in [7, 11) is 0. The standard InChI is InChI=1S/C18H14F4N2O2/c1-11-2-4-12(5-3-11)16(25)24-17(26,10-15(23-24)18(20,21)22)13-6-8-14(19)9-7-13/h2-9,26H,10H2,1H3/t17-/m1/s1. The zero-order valence-electron chi connectivity index (χ0n) is 13.6. The number of carbonyl (C=O) groups is 1. The number of carbonyl (C=O) groups excluding carboxylic acids is 1. The molecule has 0 fully saturated rings. The van der Waals surface area contributed by atoms with Crippen molar-refractivity contribution in [3.05, 3.63) is 71.0 Å². The summed E-state index contributed by atoms with van der Waals surface area (Å²) in [5.41, 5.74) is -2.78. The summed E-state index contributed by atoms with van der Waals surface area (Å²) in [6.07, 6.45) is -5.75. The zero-order chi connectivity index (χ0) is 19.1. The first-order valence-electron chi connectivity index (χ1n) is 7.65. The van der Waals surface area contributed by atoms with Gasteiger partial charge in [-0.2, -0.15) is 23.3 Å². The summed E-state index contributed by atoms with van der Waals surface area (Å²) in [5.74, 6) is -1.51. The molecule has 0 aromatic heterocycles. The molecule has 0 radical (unpaired) electrons. The minimum absolute atomic E-state index is 0.0673. The Bertz CT molecular complexity index is 860. The summed E-state index contributed by atoms with van der Waals surface area (Å²) in [4.78, 5) is 12.7. The molecule has 136 valence electrons. The number of hydrazone groups is 1. The molecule has 26 heavy (non-hydrogen) atoms. The third kappa shape index (κ3) is 3.20. The van der Waals surface area contributed by atoms with Gasteiger partial charge in [-0.1, -0.05) is 29.8 Å². The van der Waals surface area contributed by atoms with E-state index in [4.69, 9.17) is 0 Å². The largest absolute Gasteiger partial charge is 0.431 e. The van der Waals surface area contributed by atoms with Gasteiger partial charge < -0.3 is 5.11 Å². The van der Waals surface area contributed by atoms with E-state index in [2.05, 4.69) is 5.10 Å². The van der Waals surface area contributed by atoms with Crippen molar-refractivity contribution in [2.24, 2.45) is 5.10 Å². The second-order valence-electron chi connectivity index (χ2n) is 6.03. The molecule has 0 saturated heterocycles. The van der Waals surface area contributed by atoms with Crippen molar-refractivity contribution >= 4 is 11.6 Å². The monoisotopic (exact) mass is 366 g/mol. The maximum absolute atomic E-state index is 13.2. The molecule has 1 amide bonds. The predicted molar refractivity (Wildman–Crippen MR) is 85.8 cm³/mol. The van der Waals surface area contributed by atoms with Gasteiger partial charge in [0.15, 0.2) is 5.72 Å². The van der Waals surface area contributed by atoms with Gasteiger partial charge in [-0.05, 0) is 31.2 Å². The van der Waals surface area contributed by atoms with Gasteiger partial charge in [0.2, 0.25) is 0 Å².